The summed E-state index contributed by atoms with van der Waals surface area (Å²) in [6.45, 7) is 2.26. The highest BCUT2D eigenvalue weighted by Gasteiger charge is 2.22. The van der Waals surface area contributed by atoms with E-state index in [4.69, 9.17) is 16.3 Å². The van der Waals surface area contributed by atoms with E-state index in [0.717, 1.165) is 33.3 Å². The largest absolute Gasteiger partial charge is 0.484 e. The fraction of sp³-hybridized carbons (Fsp3) is 0.147. The van der Waals surface area contributed by atoms with Crippen molar-refractivity contribution in [3.63, 3.8) is 0 Å². The predicted octanol–water partition coefficient (Wildman–Crippen LogP) is 6.05. The molecule has 1 heterocycles. The van der Waals surface area contributed by atoms with Gasteiger partial charge in [-0.25, -0.2) is 9.82 Å². The van der Waals surface area contributed by atoms with Gasteiger partial charge >= 0.3 is 0 Å². The zero-order valence-electron chi connectivity index (χ0n) is 23.5. The number of amides is 2. The molecule has 1 atom stereocenters. The summed E-state index contributed by atoms with van der Waals surface area (Å²) in [7, 11) is 0. The average molecular weight is 597 g/mol. The second kappa shape index (κ2) is 13.8. The van der Waals surface area contributed by atoms with Crippen LogP contribution >= 0.6 is 11.6 Å². The summed E-state index contributed by atoms with van der Waals surface area (Å²) in [5, 5.41) is 8.56. The number of para-hydroxylation sites is 1. The van der Waals surface area contributed by atoms with Crippen LogP contribution < -0.4 is 15.5 Å². The molecule has 0 saturated heterocycles. The first kappa shape index (κ1) is 29.5. The van der Waals surface area contributed by atoms with E-state index in [-0.39, 0.29) is 18.8 Å². The number of carbonyl (C=O) groups is 2. The van der Waals surface area contributed by atoms with Crippen LogP contribution in [0.5, 0.6) is 5.75 Å². The zero-order chi connectivity index (χ0) is 30.2. The number of aromatic nitrogens is 1. The summed E-state index contributed by atoms with van der Waals surface area (Å²) in [5.74, 6) is -0.707. The number of hydrogen-bond acceptors (Lipinski definition) is 4. The Balaban J connectivity index is 1.30. The van der Waals surface area contributed by atoms with Crippen LogP contribution in [0, 0.1) is 12.7 Å². The fourth-order valence-electron chi connectivity index (χ4n) is 4.81. The molecule has 0 unspecified atom stereocenters. The molecule has 0 aliphatic rings. The van der Waals surface area contributed by atoms with Crippen LogP contribution in [-0.4, -0.2) is 35.2 Å². The first-order chi connectivity index (χ1) is 20.9. The highest BCUT2D eigenvalue weighted by Crippen LogP contribution is 2.25. The minimum Gasteiger partial charge on any atom is -0.484 e. The maximum absolute atomic E-state index is 13.4. The predicted molar refractivity (Wildman–Crippen MR) is 167 cm³/mol. The first-order valence-corrected chi connectivity index (χ1v) is 14.1. The molecule has 0 aliphatic heterocycles. The van der Waals surface area contributed by atoms with Gasteiger partial charge in [0.05, 0.1) is 6.21 Å². The first-order valence-electron chi connectivity index (χ1n) is 13.7. The maximum atomic E-state index is 13.4. The third-order valence-electron chi connectivity index (χ3n) is 7.02. The third-order valence-corrected chi connectivity index (χ3v) is 7.27. The lowest BCUT2D eigenvalue weighted by Crippen LogP contribution is -2.48. The number of rotatable bonds is 11. The standard InChI is InChI=1S/C34H30ClFN4O3/c1-23-30(29-9-5-6-10-32(29)40(23)21-25-11-15-27(36)16-12-25)20-37-39-34(42)31(19-24-7-3-2-4-8-24)38-33(41)22-43-28-17-13-26(35)14-18-28/h2-18,20,31H,19,21-22H2,1H3,(H,38,41)(H,39,42)/b37-20-/t31-/m0/s1. The molecule has 0 bridgehead atoms. The Bertz CT molecular complexity index is 1740. The summed E-state index contributed by atoms with van der Waals surface area (Å²) in [6.07, 6.45) is 1.88. The van der Waals surface area contributed by atoms with Gasteiger partial charge in [0.15, 0.2) is 6.61 Å². The molecule has 2 N–H and O–H groups in total. The van der Waals surface area contributed by atoms with Crippen molar-refractivity contribution in [2.24, 2.45) is 5.10 Å². The van der Waals surface area contributed by atoms with Gasteiger partial charge in [0.2, 0.25) is 0 Å². The molecule has 218 valence electrons. The van der Waals surface area contributed by atoms with Crippen LogP contribution in [0.1, 0.15) is 22.4 Å². The van der Waals surface area contributed by atoms with Crippen molar-refractivity contribution in [3.8, 4) is 5.75 Å². The van der Waals surface area contributed by atoms with E-state index in [0.29, 0.717) is 17.3 Å². The quantitative estimate of drug-likeness (QED) is 0.144. The van der Waals surface area contributed by atoms with Gasteiger partial charge in [-0.15, -0.1) is 0 Å². The van der Waals surface area contributed by atoms with Crippen LogP contribution in [0.3, 0.4) is 0 Å². The molecule has 5 rings (SSSR count). The number of nitrogens with zero attached hydrogens (tertiary/aromatic N) is 2. The van der Waals surface area contributed by atoms with Crippen LogP contribution in [0.25, 0.3) is 10.9 Å². The molecule has 43 heavy (non-hydrogen) atoms. The molecule has 0 spiro atoms. The van der Waals surface area contributed by atoms with E-state index in [9.17, 15) is 14.0 Å². The lowest BCUT2D eigenvalue weighted by Gasteiger charge is -2.17. The topological polar surface area (TPSA) is 84.7 Å². The lowest BCUT2D eigenvalue weighted by atomic mass is 10.1. The summed E-state index contributed by atoms with van der Waals surface area (Å²) in [5.41, 5.74) is 7.22. The molecule has 0 saturated carbocycles. The van der Waals surface area contributed by atoms with Gasteiger partial charge in [-0.05, 0) is 60.5 Å². The number of fused-ring (bicyclic) bond motifs is 1. The third kappa shape index (κ3) is 7.67. The SMILES string of the molecule is Cc1c(/C=N\NC(=O)[C@H](Cc2ccccc2)NC(=O)COc2ccc(Cl)cc2)c2ccccc2n1Cc1ccc(F)cc1. The van der Waals surface area contributed by atoms with Crippen LogP contribution in [0.2, 0.25) is 5.02 Å². The van der Waals surface area contributed by atoms with Crippen molar-refractivity contribution < 1.29 is 18.7 Å². The Morgan fingerprint density at radius 3 is 2.37 bits per heavy atom. The summed E-state index contributed by atoms with van der Waals surface area (Å²) in [4.78, 5) is 26.0. The van der Waals surface area contributed by atoms with Crippen molar-refractivity contribution in [2.45, 2.75) is 25.9 Å². The van der Waals surface area contributed by atoms with Gasteiger partial charge in [-0.1, -0.05) is 72.3 Å². The van der Waals surface area contributed by atoms with Crippen molar-refractivity contribution in [1.29, 1.82) is 0 Å². The number of hydrazone groups is 1. The zero-order valence-corrected chi connectivity index (χ0v) is 24.2. The Kier molecular flexibility index (Phi) is 9.49. The second-order valence-corrected chi connectivity index (χ2v) is 10.5. The second-order valence-electron chi connectivity index (χ2n) is 10.0. The van der Waals surface area contributed by atoms with Gasteiger partial charge in [-0.2, -0.15) is 5.10 Å². The molecule has 2 amide bonds. The van der Waals surface area contributed by atoms with Gasteiger partial charge < -0.3 is 14.6 Å². The Hall–Kier alpha value is -4.95. The lowest BCUT2D eigenvalue weighted by molar-refractivity contribution is -0.130. The monoisotopic (exact) mass is 596 g/mol. The number of carbonyl (C=O) groups excluding carboxylic acids is 2. The molecular formula is C34H30ClFN4O3. The van der Waals surface area contributed by atoms with Crippen molar-refractivity contribution >= 4 is 40.5 Å². The van der Waals surface area contributed by atoms with Crippen LogP contribution in [-0.2, 0) is 22.6 Å². The van der Waals surface area contributed by atoms with E-state index in [1.165, 1.54) is 12.1 Å². The van der Waals surface area contributed by atoms with E-state index >= 15 is 0 Å². The highest BCUT2D eigenvalue weighted by molar-refractivity contribution is 6.30. The summed E-state index contributed by atoms with van der Waals surface area (Å²) >= 11 is 5.91. The van der Waals surface area contributed by atoms with Crippen molar-refractivity contribution in [1.82, 2.24) is 15.3 Å². The number of hydrogen-bond donors (Lipinski definition) is 2. The van der Waals surface area contributed by atoms with Gasteiger partial charge in [0.25, 0.3) is 11.8 Å². The molecule has 0 aliphatic carbocycles. The number of halogens is 2. The van der Waals surface area contributed by atoms with E-state index in [1.807, 2.05) is 61.5 Å². The molecule has 4 aromatic carbocycles. The van der Waals surface area contributed by atoms with Crippen LogP contribution in [0.15, 0.2) is 108 Å². The number of nitrogens with one attached hydrogen (secondary N) is 2. The summed E-state index contributed by atoms with van der Waals surface area (Å²) in [6, 6.07) is 29.5. The smallest absolute Gasteiger partial charge is 0.262 e. The Labute approximate surface area is 253 Å². The molecule has 1 aromatic heterocycles. The molecule has 5 aromatic rings. The van der Waals surface area contributed by atoms with E-state index < -0.39 is 17.9 Å². The molecule has 0 radical (unpaired) electrons. The fourth-order valence-corrected chi connectivity index (χ4v) is 4.94. The van der Waals surface area contributed by atoms with Crippen molar-refractivity contribution in [3.05, 3.63) is 136 Å². The van der Waals surface area contributed by atoms with Crippen molar-refractivity contribution in [2.75, 3.05) is 6.61 Å². The molecule has 0 fully saturated rings. The average Bonchev–Trinajstić information content (AvgIpc) is 3.28. The number of benzene rings is 4. The molecule has 7 nitrogen and oxygen atoms in total. The minimum atomic E-state index is -0.887. The Morgan fingerprint density at radius 2 is 1.63 bits per heavy atom. The highest BCUT2D eigenvalue weighted by atomic mass is 35.5. The van der Waals surface area contributed by atoms with Gasteiger partial charge in [0.1, 0.15) is 17.6 Å². The van der Waals surface area contributed by atoms with E-state index in [1.54, 1.807) is 42.6 Å². The molecular weight excluding hydrogens is 567 g/mol. The maximum Gasteiger partial charge on any atom is 0.262 e. The normalized spacial score (nSPS) is 11.9. The van der Waals surface area contributed by atoms with Crippen LogP contribution in [0.4, 0.5) is 4.39 Å². The summed E-state index contributed by atoms with van der Waals surface area (Å²) < 4.78 is 21.1. The van der Waals surface area contributed by atoms with E-state index in [2.05, 4.69) is 20.4 Å². The Morgan fingerprint density at radius 1 is 0.930 bits per heavy atom. The molecule has 9 heteroatoms. The van der Waals surface area contributed by atoms with Gasteiger partial charge in [0, 0.05) is 40.1 Å². The minimum absolute atomic E-state index is 0.268. The number of ether oxygens (including phenoxy) is 1. The van der Waals surface area contributed by atoms with Gasteiger partial charge in [-0.3, -0.25) is 9.59 Å².